The molecule has 1 unspecified atom stereocenters. The number of nitrogens with zero attached hydrogens (tertiary/aromatic N) is 1. The van der Waals surface area contributed by atoms with Crippen LogP contribution in [0.3, 0.4) is 0 Å². The molecule has 0 fully saturated rings. The van der Waals surface area contributed by atoms with Gasteiger partial charge in [0.25, 0.3) is 0 Å². The lowest BCUT2D eigenvalue weighted by atomic mass is 10.00. The van der Waals surface area contributed by atoms with E-state index in [0.29, 0.717) is 12.1 Å². The van der Waals surface area contributed by atoms with E-state index < -0.39 is 47.9 Å². The van der Waals surface area contributed by atoms with Gasteiger partial charge in [-0.15, -0.1) is 0 Å². The molecule has 204 valence electrons. The number of nitrogens with one attached hydrogen (secondary N) is 5. The summed E-state index contributed by atoms with van der Waals surface area (Å²) in [6.07, 6.45) is 5.36. The molecule has 2 heterocycles. The Kier molecular flexibility index (Phi) is 9.61. The number of carbonyl (C=O) groups excluding carboxylic acids is 3. The van der Waals surface area contributed by atoms with Crippen LogP contribution in [0.2, 0.25) is 0 Å². The number of hydrogen-bond donors (Lipinski definition) is 7. The summed E-state index contributed by atoms with van der Waals surface area (Å²) in [5, 5.41) is 18.6. The topological polar surface area (TPSA) is 195 Å². The summed E-state index contributed by atoms with van der Waals surface area (Å²) in [5.41, 5.74) is 7.84. The van der Waals surface area contributed by atoms with Crippen LogP contribution in [0, 0.1) is 5.92 Å². The van der Waals surface area contributed by atoms with E-state index in [-0.39, 0.29) is 18.8 Å². The first-order valence-electron chi connectivity index (χ1n) is 12.5. The van der Waals surface area contributed by atoms with Gasteiger partial charge < -0.3 is 31.4 Å². The number of imidazole rings is 1. The Balaban J connectivity index is 1.79. The molecular formula is C26H35N7O5. The lowest BCUT2D eigenvalue weighted by molar-refractivity contribution is -0.139. The molecule has 0 bridgehead atoms. The summed E-state index contributed by atoms with van der Waals surface area (Å²) in [6.45, 7) is 5.25. The predicted molar refractivity (Wildman–Crippen MR) is 141 cm³/mol. The van der Waals surface area contributed by atoms with Crippen molar-refractivity contribution in [2.75, 3.05) is 0 Å². The molecule has 0 aliphatic rings. The Labute approximate surface area is 220 Å². The first-order chi connectivity index (χ1) is 18.0. The highest BCUT2D eigenvalue weighted by Crippen LogP contribution is 2.19. The monoisotopic (exact) mass is 525 g/mol. The van der Waals surface area contributed by atoms with E-state index in [1.165, 1.54) is 19.4 Å². The van der Waals surface area contributed by atoms with Crippen LogP contribution in [-0.2, 0) is 32.0 Å². The lowest BCUT2D eigenvalue weighted by Gasteiger charge is -2.26. The summed E-state index contributed by atoms with van der Waals surface area (Å²) in [7, 11) is 0. The van der Waals surface area contributed by atoms with E-state index in [4.69, 9.17) is 5.73 Å². The van der Waals surface area contributed by atoms with Crippen molar-refractivity contribution in [1.29, 1.82) is 0 Å². The van der Waals surface area contributed by atoms with Crippen molar-refractivity contribution in [2.45, 2.75) is 64.2 Å². The number of benzene rings is 1. The van der Waals surface area contributed by atoms with Gasteiger partial charge in [0.05, 0.1) is 12.4 Å². The first-order valence-corrected chi connectivity index (χ1v) is 12.5. The number of rotatable bonds is 14. The molecule has 0 aliphatic heterocycles. The summed E-state index contributed by atoms with van der Waals surface area (Å²) < 4.78 is 0. The van der Waals surface area contributed by atoms with Crippen LogP contribution in [0.1, 0.15) is 38.4 Å². The highest BCUT2D eigenvalue weighted by Gasteiger charge is 2.31. The number of amides is 3. The van der Waals surface area contributed by atoms with Crippen molar-refractivity contribution in [3.05, 3.63) is 54.2 Å². The molecule has 3 rings (SSSR count). The van der Waals surface area contributed by atoms with Gasteiger partial charge in [-0.3, -0.25) is 24.5 Å². The molecular weight excluding hydrogens is 490 g/mol. The molecule has 12 heteroatoms. The van der Waals surface area contributed by atoms with Crippen molar-refractivity contribution in [1.82, 2.24) is 30.9 Å². The molecule has 1 aromatic carbocycles. The van der Waals surface area contributed by atoms with Crippen LogP contribution in [-0.4, -0.2) is 67.9 Å². The van der Waals surface area contributed by atoms with Crippen molar-refractivity contribution in [2.24, 2.45) is 11.7 Å². The second-order valence-corrected chi connectivity index (χ2v) is 9.78. The summed E-state index contributed by atoms with van der Waals surface area (Å²) in [6, 6.07) is 3.64. The minimum absolute atomic E-state index is 0.0312. The molecule has 8 N–H and O–H groups in total. The van der Waals surface area contributed by atoms with Gasteiger partial charge in [0.15, 0.2) is 0 Å². The third-order valence-electron chi connectivity index (χ3n) is 6.22. The van der Waals surface area contributed by atoms with Gasteiger partial charge in [-0.2, -0.15) is 0 Å². The number of aliphatic carboxylic acids is 1. The fraction of sp³-hybridized carbons (Fsp3) is 0.423. The largest absolute Gasteiger partial charge is 0.480 e. The predicted octanol–water partition coefficient (Wildman–Crippen LogP) is 0.609. The van der Waals surface area contributed by atoms with Gasteiger partial charge >= 0.3 is 5.97 Å². The third-order valence-corrected chi connectivity index (χ3v) is 6.22. The quantitative estimate of drug-likeness (QED) is 0.160. The molecule has 0 saturated carbocycles. The maximum absolute atomic E-state index is 13.5. The number of carboxylic acid groups (broad SMARTS) is 1. The number of aromatic amines is 2. The normalized spacial score (nSPS) is 14.5. The Bertz CT molecular complexity index is 1250. The summed E-state index contributed by atoms with van der Waals surface area (Å²) >= 11 is 0. The van der Waals surface area contributed by atoms with Crippen LogP contribution < -0.4 is 21.7 Å². The highest BCUT2D eigenvalue weighted by molar-refractivity contribution is 5.93. The Hall–Kier alpha value is -4.19. The van der Waals surface area contributed by atoms with E-state index >= 15 is 0 Å². The molecule has 0 aliphatic carbocycles. The standard InChI is InChI=1S/C26H35N7O5/c1-14(2)8-21(24(35)32-20(23(27)34)10-17-12-28-13-30-17)33-25(36)22(31-15(3)26(37)38)9-16-11-29-19-7-5-4-6-18(16)19/h4-7,11-15,20-22,29,31H,8-10H2,1-3H3,(H2,27,34)(H,28,30)(H,32,35)(H,33,36)(H,37,38)/t15?,20-,21-,22-/m0/s1. The smallest absolute Gasteiger partial charge is 0.320 e. The molecule has 0 radical (unpaired) electrons. The zero-order chi connectivity index (χ0) is 27.8. The van der Waals surface area contributed by atoms with E-state index in [1.54, 1.807) is 6.20 Å². The minimum Gasteiger partial charge on any atom is -0.480 e. The van der Waals surface area contributed by atoms with Crippen LogP contribution >= 0.6 is 0 Å². The molecule has 38 heavy (non-hydrogen) atoms. The number of aromatic nitrogens is 3. The van der Waals surface area contributed by atoms with Gasteiger partial charge in [0, 0.05) is 35.4 Å². The van der Waals surface area contributed by atoms with Crippen molar-refractivity contribution < 1.29 is 24.3 Å². The van der Waals surface area contributed by atoms with Gasteiger partial charge in [0.1, 0.15) is 18.1 Å². The zero-order valence-corrected chi connectivity index (χ0v) is 21.7. The minimum atomic E-state index is -1.11. The SMILES string of the molecule is CC(C)C[C@H](NC(=O)[C@H](Cc1c[nH]c2ccccc12)NC(C)C(=O)O)C(=O)N[C@@H](Cc1cnc[nH]1)C(N)=O. The van der Waals surface area contributed by atoms with Gasteiger partial charge in [-0.05, 0) is 37.3 Å². The molecule has 0 saturated heterocycles. The van der Waals surface area contributed by atoms with Crippen LogP contribution in [0.15, 0.2) is 43.0 Å². The van der Waals surface area contributed by atoms with E-state index in [2.05, 4.69) is 30.9 Å². The first kappa shape index (κ1) is 28.4. The Morgan fingerprint density at radius 1 is 0.974 bits per heavy atom. The van der Waals surface area contributed by atoms with Gasteiger partial charge in [0.2, 0.25) is 17.7 Å². The number of nitrogens with two attached hydrogens (primary N) is 1. The lowest BCUT2D eigenvalue weighted by Crippen LogP contribution is -2.58. The van der Waals surface area contributed by atoms with E-state index in [9.17, 15) is 24.3 Å². The van der Waals surface area contributed by atoms with Crippen LogP contribution in [0.25, 0.3) is 10.9 Å². The van der Waals surface area contributed by atoms with Crippen molar-refractivity contribution in [3.8, 4) is 0 Å². The summed E-state index contributed by atoms with van der Waals surface area (Å²) in [5.74, 6) is -2.90. The van der Waals surface area contributed by atoms with Crippen LogP contribution in [0.5, 0.6) is 0 Å². The number of primary amides is 1. The number of para-hydroxylation sites is 1. The number of hydrogen-bond acceptors (Lipinski definition) is 6. The molecule has 0 spiro atoms. The zero-order valence-electron chi connectivity index (χ0n) is 21.7. The number of fused-ring (bicyclic) bond motifs is 1. The highest BCUT2D eigenvalue weighted by atomic mass is 16.4. The average Bonchev–Trinajstić information content (AvgIpc) is 3.52. The van der Waals surface area contributed by atoms with Crippen molar-refractivity contribution in [3.63, 3.8) is 0 Å². The maximum Gasteiger partial charge on any atom is 0.320 e. The Morgan fingerprint density at radius 3 is 2.29 bits per heavy atom. The fourth-order valence-corrected chi connectivity index (χ4v) is 4.21. The number of carboxylic acids is 1. The summed E-state index contributed by atoms with van der Waals surface area (Å²) in [4.78, 5) is 60.2. The average molecular weight is 526 g/mol. The Morgan fingerprint density at radius 2 is 1.66 bits per heavy atom. The third kappa shape index (κ3) is 7.65. The van der Waals surface area contributed by atoms with Gasteiger partial charge in [-0.25, -0.2) is 4.98 Å². The molecule has 12 nitrogen and oxygen atoms in total. The van der Waals surface area contributed by atoms with E-state index in [1.807, 2.05) is 38.1 Å². The maximum atomic E-state index is 13.5. The van der Waals surface area contributed by atoms with Gasteiger partial charge in [-0.1, -0.05) is 32.0 Å². The second-order valence-electron chi connectivity index (χ2n) is 9.78. The number of H-pyrrole nitrogens is 2. The van der Waals surface area contributed by atoms with Crippen molar-refractivity contribution >= 4 is 34.6 Å². The van der Waals surface area contributed by atoms with Crippen LogP contribution in [0.4, 0.5) is 0 Å². The molecule has 2 aromatic heterocycles. The fourth-order valence-electron chi connectivity index (χ4n) is 4.21. The number of carbonyl (C=O) groups is 4. The molecule has 3 aromatic rings. The second kappa shape index (κ2) is 12.9. The molecule has 4 atom stereocenters. The molecule has 3 amide bonds. The van der Waals surface area contributed by atoms with E-state index in [0.717, 1.165) is 16.5 Å².